The minimum Gasteiger partial charge on any atom is -0.346 e. The molecule has 0 aromatic heterocycles. The second-order valence-corrected chi connectivity index (χ2v) is 6.30. The van der Waals surface area contributed by atoms with Crippen LogP contribution in [0.1, 0.15) is 0 Å². The molecule has 0 aliphatic carbocycles. The average Bonchev–Trinajstić information content (AvgIpc) is 2.60. The molecular weight excluding hydrogens is 370 g/mol. The van der Waals surface area contributed by atoms with Crippen molar-refractivity contribution >= 4 is 50.1 Å². The number of nitrogens with zero attached hydrogens (tertiary/aromatic N) is 2. The van der Waals surface area contributed by atoms with Gasteiger partial charge >= 0.3 is 0 Å². The molecule has 4 rings (SSSR count). The molecule has 118 valence electrons. The fourth-order valence-electron chi connectivity index (χ4n) is 2.91. The molecule has 0 atom stereocenters. The highest BCUT2D eigenvalue weighted by Gasteiger charge is 2.29. The molecule has 3 aromatic rings. The van der Waals surface area contributed by atoms with Crippen molar-refractivity contribution in [3.05, 3.63) is 81.3 Å². The van der Waals surface area contributed by atoms with Gasteiger partial charge < -0.3 is 10.2 Å². The molecule has 5 nitrogen and oxygen atoms in total. The van der Waals surface area contributed by atoms with Crippen LogP contribution in [0.4, 0.5) is 34.1 Å². The lowest BCUT2D eigenvalue weighted by Gasteiger charge is -2.33. The molecular formula is C18H12BrN3O2. The van der Waals surface area contributed by atoms with E-state index in [1.54, 1.807) is 6.07 Å². The molecule has 0 saturated heterocycles. The van der Waals surface area contributed by atoms with Gasteiger partial charge in [0.25, 0.3) is 5.69 Å². The number of benzene rings is 3. The van der Waals surface area contributed by atoms with Crippen molar-refractivity contribution in [1.82, 2.24) is 0 Å². The van der Waals surface area contributed by atoms with Crippen molar-refractivity contribution in [3.8, 4) is 0 Å². The molecule has 1 aliphatic heterocycles. The molecule has 1 aliphatic rings. The number of nitrogens with one attached hydrogen (secondary N) is 1. The lowest BCUT2D eigenvalue weighted by molar-refractivity contribution is -0.383. The Morgan fingerprint density at radius 2 is 1.75 bits per heavy atom. The number of hydrogen-bond donors (Lipinski definition) is 1. The van der Waals surface area contributed by atoms with Crippen LogP contribution < -0.4 is 10.2 Å². The first-order valence-electron chi connectivity index (χ1n) is 7.34. The summed E-state index contributed by atoms with van der Waals surface area (Å²) in [6.07, 6.45) is 0. The van der Waals surface area contributed by atoms with Gasteiger partial charge in [-0.05, 0) is 36.4 Å². The second-order valence-electron chi connectivity index (χ2n) is 5.39. The maximum absolute atomic E-state index is 11.4. The third kappa shape index (κ3) is 2.32. The summed E-state index contributed by atoms with van der Waals surface area (Å²) < 4.78 is 0.942. The van der Waals surface area contributed by atoms with E-state index in [9.17, 15) is 10.1 Å². The van der Waals surface area contributed by atoms with E-state index in [1.807, 2.05) is 59.5 Å². The van der Waals surface area contributed by atoms with Crippen molar-refractivity contribution < 1.29 is 4.92 Å². The van der Waals surface area contributed by atoms with Crippen molar-refractivity contribution in [1.29, 1.82) is 0 Å². The first kappa shape index (κ1) is 14.7. The number of anilines is 5. The topological polar surface area (TPSA) is 58.4 Å². The summed E-state index contributed by atoms with van der Waals surface area (Å²) in [7, 11) is 0. The van der Waals surface area contributed by atoms with Crippen LogP contribution in [0.3, 0.4) is 0 Å². The molecule has 1 N–H and O–H groups in total. The van der Waals surface area contributed by atoms with Gasteiger partial charge in [-0.2, -0.15) is 0 Å². The molecule has 0 spiro atoms. The standard InChI is InChI=1S/C18H12BrN3O2/c19-12-9-10-14-17(11-12)21(13-5-2-1-3-6-13)15-7-4-8-16(22(23)24)18(15)20-14/h1-11,20H. The lowest BCUT2D eigenvalue weighted by Crippen LogP contribution is -2.18. The summed E-state index contributed by atoms with van der Waals surface area (Å²) >= 11 is 3.51. The normalized spacial score (nSPS) is 12.1. The number of hydrogen-bond acceptors (Lipinski definition) is 4. The Bertz CT molecular complexity index is 944. The Balaban J connectivity index is 2.01. The highest BCUT2D eigenvalue weighted by atomic mass is 79.9. The fraction of sp³-hybridized carbons (Fsp3) is 0. The van der Waals surface area contributed by atoms with E-state index < -0.39 is 0 Å². The predicted octanol–water partition coefficient (Wildman–Crippen LogP) is 5.88. The van der Waals surface area contributed by atoms with E-state index in [0.717, 1.165) is 27.2 Å². The van der Waals surface area contributed by atoms with Crippen LogP contribution in [0.2, 0.25) is 0 Å². The minimum atomic E-state index is -0.362. The number of nitro groups is 1. The molecule has 0 amide bonds. The van der Waals surface area contributed by atoms with E-state index in [4.69, 9.17) is 0 Å². The highest BCUT2D eigenvalue weighted by molar-refractivity contribution is 9.10. The van der Waals surface area contributed by atoms with Gasteiger partial charge in [0, 0.05) is 16.2 Å². The summed E-state index contributed by atoms with van der Waals surface area (Å²) in [6.45, 7) is 0. The van der Waals surface area contributed by atoms with E-state index in [2.05, 4.69) is 21.2 Å². The number of halogens is 1. The summed E-state index contributed by atoms with van der Waals surface area (Å²) in [5.74, 6) is 0. The average molecular weight is 382 g/mol. The molecule has 24 heavy (non-hydrogen) atoms. The Labute approximate surface area is 146 Å². The van der Waals surface area contributed by atoms with Crippen molar-refractivity contribution in [3.63, 3.8) is 0 Å². The molecule has 0 saturated carbocycles. The third-order valence-corrected chi connectivity index (χ3v) is 4.43. The van der Waals surface area contributed by atoms with Gasteiger partial charge in [-0.3, -0.25) is 10.1 Å². The second kappa shape index (κ2) is 5.65. The Morgan fingerprint density at radius 1 is 0.958 bits per heavy atom. The van der Waals surface area contributed by atoms with Gasteiger partial charge in [-0.15, -0.1) is 0 Å². The van der Waals surface area contributed by atoms with Gasteiger partial charge in [-0.25, -0.2) is 0 Å². The number of para-hydroxylation sites is 2. The summed E-state index contributed by atoms with van der Waals surface area (Å²) in [5.41, 5.74) is 4.01. The minimum absolute atomic E-state index is 0.0574. The summed E-state index contributed by atoms with van der Waals surface area (Å²) in [4.78, 5) is 13.1. The predicted molar refractivity (Wildman–Crippen MR) is 98.8 cm³/mol. The van der Waals surface area contributed by atoms with Crippen LogP contribution in [0.15, 0.2) is 71.2 Å². The van der Waals surface area contributed by atoms with Crippen LogP contribution in [0, 0.1) is 10.1 Å². The van der Waals surface area contributed by atoms with Crippen molar-refractivity contribution in [2.24, 2.45) is 0 Å². The van der Waals surface area contributed by atoms with Crippen LogP contribution >= 0.6 is 15.9 Å². The Morgan fingerprint density at radius 3 is 2.50 bits per heavy atom. The molecule has 0 unspecified atom stereocenters. The number of rotatable bonds is 2. The zero-order valence-electron chi connectivity index (χ0n) is 12.4. The first-order valence-corrected chi connectivity index (χ1v) is 8.13. The Kier molecular flexibility index (Phi) is 3.46. The van der Waals surface area contributed by atoms with Crippen LogP contribution in [-0.4, -0.2) is 4.92 Å². The van der Waals surface area contributed by atoms with Crippen LogP contribution in [0.5, 0.6) is 0 Å². The van der Waals surface area contributed by atoms with E-state index in [-0.39, 0.29) is 10.6 Å². The quantitative estimate of drug-likeness (QED) is 0.347. The Hall–Kier alpha value is -2.86. The van der Waals surface area contributed by atoms with Crippen LogP contribution in [-0.2, 0) is 0 Å². The molecule has 6 heteroatoms. The zero-order valence-corrected chi connectivity index (χ0v) is 14.0. The van der Waals surface area contributed by atoms with Gasteiger partial charge in [0.2, 0.25) is 0 Å². The third-order valence-electron chi connectivity index (χ3n) is 3.93. The molecule has 0 fully saturated rings. The highest BCUT2D eigenvalue weighted by Crippen LogP contribution is 2.51. The maximum atomic E-state index is 11.4. The molecule has 0 bridgehead atoms. The van der Waals surface area contributed by atoms with E-state index in [0.29, 0.717) is 5.69 Å². The van der Waals surface area contributed by atoms with Gasteiger partial charge in [-0.1, -0.05) is 40.2 Å². The summed E-state index contributed by atoms with van der Waals surface area (Å²) in [6, 6.07) is 20.7. The van der Waals surface area contributed by atoms with E-state index in [1.165, 1.54) is 6.07 Å². The molecule has 1 heterocycles. The van der Waals surface area contributed by atoms with Gasteiger partial charge in [0.05, 0.1) is 22.0 Å². The smallest absolute Gasteiger partial charge is 0.294 e. The molecule has 3 aromatic carbocycles. The van der Waals surface area contributed by atoms with Gasteiger partial charge in [0.1, 0.15) is 5.69 Å². The van der Waals surface area contributed by atoms with Gasteiger partial charge in [0.15, 0.2) is 0 Å². The lowest BCUT2D eigenvalue weighted by atomic mass is 10.1. The van der Waals surface area contributed by atoms with Crippen LogP contribution in [0.25, 0.3) is 0 Å². The SMILES string of the molecule is O=[N+]([O-])c1cccc2c1Nc1ccc(Br)cc1N2c1ccccc1. The van der Waals surface area contributed by atoms with E-state index >= 15 is 0 Å². The summed E-state index contributed by atoms with van der Waals surface area (Å²) in [5, 5.41) is 14.6. The van der Waals surface area contributed by atoms with Crippen molar-refractivity contribution in [2.75, 3.05) is 10.2 Å². The molecule has 0 radical (unpaired) electrons. The zero-order chi connectivity index (χ0) is 16.7. The largest absolute Gasteiger partial charge is 0.346 e. The number of fused-ring (bicyclic) bond motifs is 2. The fourth-order valence-corrected chi connectivity index (χ4v) is 3.26. The van der Waals surface area contributed by atoms with Crippen molar-refractivity contribution in [2.45, 2.75) is 0 Å². The monoisotopic (exact) mass is 381 g/mol. The maximum Gasteiger partial charge on any atom is 0.294 e. The number of nitro benzene ring substituents is 1. The first-order chi connectivity index (χ1) is 11.6.